The number of nitrogens with zero attached hydrogens (tertiary/aromatic N) is 2. The van der Waals surface area contributed by atoms with Crippen molar-refractivity contribution in [3.05, 3.63) is 70.9 Å². The molecule has 3 aromatic rings. The first-order valence-corrected chi connectivity index (χ1v) is 25.5. The highest BCUT2D eigenvalue weighted by Crippen LogP contribution is 2.68. The van der Waals surface area contributed by atoms with Crippen LogP contribution in [0.1, 0.15) is 75.3 Å². The molecule has 69 heavy (non-hydrogen) atoms. The number of piperidine rings is 1. The van der Waals surface area contributed by atoms with E-state index in [0.29, 0.717) is 69.5 Å². The molecule has 0 amide bonds. The zero-order chi connectivity index (χ0) is 50.9. The summed E-state index contributed by atoms with van der Waals surface area (Å²) in [5.74, 6) is -1.51. The lowest BCUT2D eigenvalue weighted by atomic mass is 9.47. The molecule has 2 aromatic carbocycles. The summed E-state index contributed by atoms with van der Waals surface area (Å²) in [6, 6.07) is 11.0. The van der Waals surface area contributed by atoms with Gasteiger partial charge in [-0.05, 0) is 61.9 Å². The predicted octanol–water partition coefficient (Wildman–Crippen LogP) is 0.926. The number of methoxy groups -OCH3 is 3. The molecule has 5 aliphatic heterocycles. The lowest BCUT2D eigenvalue weighted by Crippen LogP contribution is -3.16. The highest BCUT2D eigenvalue weighted by molar-refractivity contribution is 7.80. The van der Waals surface area contributed by atoms with Gasteiger partial charge in [0, 0.05) is 83.6 Å². The fourth-order valence-electron chi connectivity index (χ4n) is 13.7. The zero-order valence-electron chi connectivity index (χ0n) is 39.6. The number of rotatable bonds is 7. The van der Waals surface area contributed by atoms with Crippen LogP contribution in [0.5, 0.6) is 5.75 Å². The summed E-state index contributed by atoms with van der Waals surface area (Å²) in [5, 5.41) is 26.4. The van der Waals surface area contributed by atoms with E-state index in [0.717, 1.165) is 46.5 Å². The van der Waals surface area contributed by atoms with Crippen LogP contribution in [0, 0.1) is 11.3 Å². The number of quaternary nitrogens is 1. The number of aromatic nitrogens is 1. The zero-order valence-corrected chi connectivity index (χ0v) is 41.2. The molecule has 380 valence electrons. The Morgan fingerprint density at radius 3 is 2.19 bits per heavy atom. The number of anilines is 1. The van der Waals surface area contributed by atoms with Gasteiger partial charge < -0.3 is 48.5 Å². The largest absolute Gasteiger partial charge is 0.726 e. The Morgan fingerprint density at radius 2 is 1.59 bits per heavy atom. The molecule has 9 rings (SSSR count). The van der Waals surface area contributed by atoms with E-state index >= 15 is 4.79 Å². The molecule has 23 heteroatoms. The average Bonchev–Trinajstić information content (AvgIpc) is 3.94. The Bertz CT molecular complexity index is 2720. The van der Waals surface area contributed by atoms with Gasteiger partial charge in [0.25, 0.3) is 0 Å². The molecule has 7 N–H and O–H groups in total. The second-order valence-electron chi connectivity index (χ2n) is 19.2. The molecule has 3 fully saturated rings. The van der Waals surface area contributed by atoms with Gasteiger partial charge in [0.05, 0.1) is 40.5 Å². The van der Waals surface area contributed by atoms with E-state index < -0.39 is 78.3 Å². The topological polar surface area (TPSA) is 307 Å². The van der Waals surface area contributed by atoms with Crippen molar-refractivity contribution in [2.75, 3.05) is 66.0 Å². The maximum Gasteiger partial charge on any atom is 0.394 e. The highest BCUT2D eigenvalue weighted by atomic mass is 32.3. The lowest BCUT2D eigenvalue weighted by molar-refractivity contribution is -0.916. The van der Waals surface area contributed by atoms with Gasteiger partial charge in [0.15, 0.2) is 6.10 Å². The lowest BCUT2D eigenvalue weighted by Gasteiger charge is -2.63. The molecule has 1 aliphatic carbocycles. The summed E-state index contributed by atoms with van der Waals surface area (Å²) in [6.45, 7) is 8.90. The first-order chi connectivity index (χ1) is 32.2. The van der Waals surface area contributed by atoms with Crippen LogP contribution in [-0.4, -0.2) is 164 Å². The first kappa shape index (κ1) is 52.1. The van der Waals surface area contributed by atoms with Gasteiger partial charge in [-0.25, -0.2) is 13.2 Å². The third-order valence-corrected chi connectivity index (χ3v) is 15.8. The Morgan fingerprint density at radius 1 is 0.942 bits per heavy atom. The Hall–Kier alpha value is -4.69. The monoisotopic (exact) mass is 1010 g/mol. The van der Waals surface area contributed by atoms with E-state index in [9.17, 15) is 19.8 Å². The minimum absolute atomic E-state index is 0.0616. The maximum atomic E-state index is 15.3. The second kappa shape index (κ2) is 18.5. The summed E-state index contributed by atoms with van der Waals surface area (Å²) < 4.78 is 88.4. The van der Waals surface area contributed by atoms with Crippen LogP contribution in [0.2, 0.25) is 0 Å². The van der Waals surface area contributed by atoms with E-state index in [1.54, 1.807) is 7.11 Å². The SMILES string of the molecule is CCC1(O)CC2C[NH+](CCc3c([nH]c4ccccc34)C(C(=O)OC)(c3cc4c(cc3OC)N(C)C3C(O)(C(=O)OC)C(OC(C)=O)C5(CC)C=CCN6CCC43C65)C2)C1.O=S(=O)(O)O.O=S(=O)([O-])O. The van der Waals surface area contributed by atoms with Gasteiger partial charge in [0.1, 0.15) is 23.3 Å². The minimum atomic E-state index is -4.92. The predicted molar refractivity (Wildman–Crippen MR) is 246 cm³/mol. The van der Waals surface area contributed by atoms with Crippen molar-refractivity contribution in [2.24, 2.45) is 11.3 Å². The van der Waals surface area contributed by atoms with Crippen molar-refractivity contribution in [1.29, 1.82) is 0 Å². The number of carbonyl (C=O) groups is 3. The summed E-state index contributed by atoms with van der Waals surface area (Å²) in [4.78, 5) is 52.2. The van der Waals surface area contributed by atoms with Crippen molar-refractivity contribution < 1.29 is 83.5 Å². The van der Waals surface area contributed by atoms with Crippen LogP contribution in [0.3, 0.4) is 0 Å². The molecule has 2 saturated heterocycles. The van der Waals surface area contributed by atoms with Crippen molar-refractivity contribution >= 4 is 55.3 Å². The summed E-state index contributed by atoms with van der Waals surface area (Å²) >= 11 is 0. The molecular formula is C46H62N4O17S2. The number of hydrogen-bond acceptors (Lipinski definition) is 16. The molecule has 1 saturated carbocycles. The van der Waals surface area contributed by atoms with Crippen LogP contribution in [0.4, 0.5) is 5.69 Å². The number of likely N-dealkylation sites (N-methyl/N-ethyl adjacent to an activating group) is 1. The number of aromatic amines is 1. The van der Waals surface area contributed by atoms with Gasteiger partial charge in [-0.15, -0.1) is 0 Å². The molecule has 0 radical (unpaired) electrons. The highest BCUT2D eigenvalue weighted by Gasteiger charge is 2.80. The van der Waals surface area contributed by atoms with E-state index in [-0.39, 0.29) is 12.0 Å². The van der Waals surface area contributed by atoms with E-state index in [4.69, 9.17) is 54.0 Å². The molecule has 6 heterocycles. The number of aliphatic hydroxyl groups is 2. The minimum Gasteiger partial charge on any atom is -0.726 e. The van der Waals surface area contributed by atoms with Crippen LogP contribution < -0.4 is 14.5 Å². The second-order valence-corrected chi connectivity index (χ2v) is 21.0. The molecule has 1 spiro atoms. The molecular weight excluding hydrogens is 945 g/mol. The van der Waals surface area contributed by atoms with Crippen LogP contribution in [0.15, 0.2) is 48.6 Å². The average molecular weight is 1010 g/mol. The third-order valence-electron chi connectivity index (χ3n) is 15.8. The van der Waals surface area contributed by atoms with E-state index in [2.05, 4.69) is 34.2 Å². The Kier molecular flexibility index (Phi) is 14.0. The number of carbonyl (C=O) groups excluding carboxylic acids is 3. The van der Waals surface area contributed by atoms with Gasteiger partial charge in [-0.1, -0.05) is 44.2 Å². The summed E-state index contributed by atoms with van der Waals surface area (Å²) in [6.07, 6.45) is 6.06. The fraction of sp³-hybridized carbons (Fsp3) is 0.587. The van der Waals surface area contributed by atoms with Crippen molar-refractivity contribution in [1.82, 2.24) is 9.88 Å². The van der Waals surface area contributed by atoms with Gasteiger partial charge in [0.2, 0.25) is 16.0 Å². The van der Waals surface area contributed by atoms with Crippen LogP contribution in [0.25, 0.3) is 10.9 Å². The maximum absolute atomic E-state index is 15.3. The van der Waals surface area contributed by atoms with Crippen LogP contribution in [-0.2, 0) is 66.6 Å². The number of nitrogens with one attached hydrogen (secondary N) is 2. The van der Waals surface area contributed by atoms with Gasteiger partial charge in [-0.2, -0.15) is 8.42 Å². The summed E-state index contributed by atoms with van der Waals surface area (Å²) in [5.41, 5.74) is -1.50. The number of H-pyrrole nitrogens is 1. The molecule has 1 aromatic heterocycles. The molecule has 10 unspecified atom stereocenters. The Balaban J connectivity index is 0.000000640. The number of esters is 3. The van der Waals surface area contributed by atoms with E-state index in [1.807, 2.05) is 50.1 Å². The molecule has 21 nitrogen and oxygen atoms in total. The van der Waals surface area contributed by atoms with E-state index in [1.165, 1.54) is 26.0 Å². The van der Waals surface area contributed by atoms with Crippen molar-refractivity contribution in [2.45, 2.75) is 99.5 Å². The number of para-hydroxylation sites is 1. The number of ether oxygens (including phenoxy) is 4. The van der Waals surface area contributed by atoms with Gasteiger partial charge >= 0.3 is 28.3 Å². The van der Waals surface area contributed by atoms with Crippen molar-refractivity contribution in [3.63, 3.8) is 0 Å². The third kappa shape index (κ3) is 8.71. The number of hydrogen-bond donors (Lipinski definition) is 7. The molecule has 2 bridgehead atoms. The molecule has 6 aliphatic rings. The fourth-order valence-corrected chi connectivity index (χ4v) is 13.7. The van der Waals surface area contributed by atoms with Crippen LogP contribution >= 0.6 is 0 Å². The van der Waals surface area contributed by atoms with Crippen molar-refractivity contribution in [3.8, 4) is 5.75 Å². The number of benzene rings is 2. The first-order valence-electron chi connectivity index (χ1n) is 22.7. The van der Waals surface area contributed by atoms with Gasteiger partial charge in [-0.3, -0.25) is 28.1 Å². The number of fused-ring (bicyclic) bond motifs is 6. The molecule has 10 atom stereocenters. The smallest absolute Gasteiger partial charge is 0.394 e. The summed E-state index contributed by atoms with van der Waals surface area (Å²) in [7, 11) is -3.42. The quantitative estimate of drug-likeness (QED) is 0.0569. The Labute approximate surface area is 400 Å². The standard InChI is InChI=1S/C46H58N4O9.2H2O4S/c1-8-42(54)23-28-24-45(40(52)57-6,36-30(15-19-49(25-28)26-42)29-13-10-11-14-33(29)47-36)32-21-31-34(22-35(32)56-5)48(4)38-44(31)17-20-50-18-12-16-43(9-2,37(44)50)39(59-27(3)51)46(38,55)41(53)58-7;2*1-5(2,3)4/h10-14,16,21-22,28,37-39,47,54-55H,8-9,15,17-20,23-26H2,1-7H3;2*(H2,1,2,3,4). The normalized spacial score (nSPS) is 33.3.